The van der Waals surface area contributed by atoms with Crippen LogP contribution in [0.15, 0.2) is 54.6 Å². The van der Waals surface area contributed by atoms with E-state index in [1.54, 1.807) is 36.4 Å². The van der Waals surface area contributed by atoms with E-state index in [2.05, 4.69) is 5.32 Å². The number of hydrogen-bond acceptors (Lipinski definition) is 5. The van der Waals surface area contributed by atoms with Gasteiger partial charge in [0.25, 0.3) is 5.91 Å². The Kier molecular flexibility index (Phi) is 5.70. The minimum absolute atomic E-state index is 0.164. The van der Waals surface area contributed by atoms with Gasteiger partial charge in [0.05, 0.1) is 11.3 Å². The number of benzene rings is 2. The molecular formula is C17H17NO5S. The predicted molar refractivity (Wildman–Crippen MR) is 90.3 cm³/mol. The molecule has 6 nitrogen and oxygen atoms in total. The summed E-state index contributed by atoms with van der Waals surface area (Å²) in [4.78, 5) is 23.7. The number of anilines is 1. The van der Waals surface area contributed by atoms with Crippen molar-refractivity contribution in [3.8, 4) is 0 Å². The van der Waals surface area contributed by atoms with E-state index in [-0.39, 0.29) is 11.3 Å². The van der Waals surface area contributed by atoms with Gasteiger partial charge < -0.3 is 10.1 Å². The molecule has 0 radical (unpaired) electrons. The lowest BCUT2D eigenvalue weighted by Crippen LogP contribution is -2.21. The fourth-order valence-electron chi connectivity index (χ4n) is 2.02. The first-order valence-electron chi connectivity index (χ1n) is 7.12. The normalized spacial score (nSPS) is 10.9. The zero-order chi connectivity index (χ0) is 17.6. The second-order valence-electron chi connectivity index (χ2n) is 5.26. The Bertz CT molecular complexity index is 831. The average molecular weight is 347 g/mol. The standard InChI is InChI=1S/C17H17NO5S/c1-24(21,22)12-13-6-5-7-14(10-13)17(20)23-11-16(19)18-15-8-3-2-4-9-15/h2-10H,11-12H2,1H3,(H,18,19). The van der Waals surface area contributed by atoms with Crippen LogP contribution in [-0.4, -0.2) is 33.2 Å². The molecule has 2 aromatic carbocycles. The second kappa shape index (κ2) is 7.74. The van der Waals surface area contributed by atoms with E-state index in [1.165, 1.54) is 12.1 Å². The number of sulfone groups is 1. The van der Waals surface area contributed by atoms with Gasteiger partial charge in [-0.15, -0.1) is 0 Å². The number of ether oxygens (including phenoxy) is 1. The van der Waals surface area contributed by atoms with E-state index < -0.39 is 28.3 Å². The first-order valence-corrected chi connectivity index (χ1v) is 9.18. The third-order valence-corrected chi connectivity index (χ3v) is 3.84. The van der Waals surface area contributed by atoms with Crippen molar-refractivity contribution in [3.63, 3.8) is 0 Å². The largest absolute Gasteiger partial charge is 0.452 e. The van der Waals surface area contributed by atoms with E-state index in [1.807, 2.05) is 6.07 Å². The molecule has 2 aromatic rings. The van der Waals surface area contributed by atoms with E-state index in [0.29, 0.717) is 11.3 Å². The van der Waals surface area contributed by atoms with Crippen molar-refractivity contribution >= 4 is 27.4 Å². The maximum absolute atomic E-state index is 12.0. The minimum Gasteiger partial charge on any atom is -0.452 e. The van der Waals surface area contributed by atoms with Crippen molar-refractivity contribution in [1.82, 2.24) is 0 Å². The molecule has 0 bridgehead atoms. The van der Waals surface area contributed by atoms with Crippen molar-refractivity contribution in [2.45, 2.75) is 5.75 Å². The molecular weight excluding hydrogens is 330 g/mol. The Morgan fingerprint density at radius 2 is 1.75 bits per heavy atom. The number of carbonyl (C=O) groups excluding carboxylic acids is 2. The van der Waals surface area contributed by atoms with Crippen LogP contribution in [0.4, 0.5) is 5.69 Å². The summed E-state index contributed by atoms with van der Waals surface area (Å²) in [5, 5.41) is 2.60. The zero-order valence-electron chi connectivity index (χ0n) is 13.1. The highest BCUT2D eigenvalue weighted by atomic mass is 32.2. The Morgan fingerprint density at radius 1 is 1.04 bits per heavy atom. The summed E-state index contributed by atoms with van der Waals surface area (Å²) >= 11 is 0. The number of amides is 1. The molecule has 0 aromatic heterocycles. The molecule has 0 heterocycles. The van der Waals surface area contributed by atoms with Crippen LogP contribution in [0.25, 0.3) is 0 Å². The predicted octanol–water partition coefficient (Wildman–Crippen LogP) is 2.03. The molecule has 126 valence electrons. The fraction of sp³-hybridized carbons (Fsp3) is 0.176. The van der Waals surface area contributed by atoms with Crippen molar-refractivity contribution in [3.05, 3.63) is 65.7 Å². The lowest BCUT2D eigenvalue weighted by molar-refractivity contribution is -0.119. The summed E-state index contributed by atoms with van der Waals surface area (Å²) in [7, 11) is -3.20. The number of nitrogens with one attached hydrogen (secondary N) is 1. The molecule has 7 heteroatoms. The van der Waals surface area contributed by atoms with Crippen LogP contribution in [0, 0.1) is 0 Å². The topological polar surface area (TPSA) is 89.5 Å². The van der Waals surface area contributed by atoms with Gasteiger partial charge in [-0.2, -0.15) is 0 Å². The van der Waals surface area contributed by atoms with Crippen LogP contribution < -0.4 is 5.32 Å². The molecule has 0 atom stereocenters. The number of esters is 1. The summed E-state index contributed by atoms with van der Waals surface area (Å²) in [6, 6.07) is 14.9. The van der Waals surface area contributed by atoms with Crippen LogP contribution in [-0.2, 0) is 25.1 Å². The van der Waals surface area contributed by atoms with Crippen molar-refractivity contribution < 1.29 is 22.7 Å². The van der Waals surface area contributed by atoms with Gasteiger partial charge in [-0.05, 0) is 29.8 Å². The Labute approximate surface area is 140 Å². The third-order valence-electron chi connectivity index (χ3n) is 2.98. The molecule has 0 saturated carbocycles. The summed E-state index contributed by atoms with van der Waals surface area (Å²) in [6.45, 7) is -0.427. The van der Waals surface area contributed by atoms with Crippen molar-refractivity contribution in [2.75, 3.05) is 18.2 Å². The molecule has 2 rings (SSSR count). The smallest absolute Gasteiger partial charge is 0.338 e. The summed E-state index contributed by atoms with van der Waals surface area (Å²) in [5.41, 5.74) is 1.29. The van der Waals surface area contributed by atoms with Crippen LogP contribution in [0.1, 0.15) is 15.9 Å². The molecule has 0 saturated heterocycles. The van der Waals surface area contributed by atoms with Gasteiger partial charge >= 0.3 is 5.97 Å². The van der Waals surface area contributed by atoms with Crippen LogP contribution in [0.3, 0.4) is 0 Å². The van der Waals surface area contributed by atoms with E-state index in [0.717, 1.165) is 6.26 Å². The maximum atomic E-state index is 12.0. The molecule has 0 spiro atoms. The van der Waals surface area contributed by atoms with Gasteiger partial charge in [0, 0.05) is 11.9 Å². The van der Waals surface area contributed by atoms with Crippen molar-refractivity contribution in [2.24, 2.45) is 0 Å². The van der Waals surface area contributed by atoms with Gasteiger partial charge in [0.15, 0.2) is 16.4 Å². The Morgan fingerprint density at radius 3 is 2.42 bits per heavy atom. The zero-order valence-corrected chi connectivity index (χ0v) is 13.9. The molecule has 0 aliphatic rings. The number of hydrogen-bond donors (Lipinski definition) is 1. The van der Waals surface area contributed by atoms with Gasteiger partial charge in [-0.3, -0.25) is 4.79 Å². The van der Waals surface area contributed by atoms with E-state index in [4.69, 9.17) is 4.74 Å². The van der Waals surface area contributed by atoms with Crippen LogP contribution in [0.5, 0.6) is 0 Å². The van der Waals surface area contributed by atoms with E-state index >= 15 is 0 Å². The molecule has 1 N–H and O–H groups in total. The van der Waals surface area contributed by atoms with Gasteiger partial charge in [0.1, 0.15) is 0 Å². The summed E-state index contributed by atoms with van der Waals surface area (Å²) < 4.78 is 27.5. The van der Waals surface area contributed by atoms with Gasteiger partial charge in [0.2, 0.25) is 0 Å². The third kappa shape index (κ3) is 5.85. The summed E-state index contributed by atoms with van der Waals surface area (Å²) in [6.07, 6.45) is 1.12. The van der Waals surface area contributed by atoms with Crippen LogP contribution >= 0.6 is 0 Å². The molecule has 1 amide bonds. The highest BCUT2D eigenvalue weighted by molar-refractivity contribution is 7.89. The molecule has 24 heavy (non-hydrogen) atoms. The minimum atomic E-state index is -3.20. The van der Waals surface area contributed by atoms with Crippen LogP contribution in [0.2, 0.25) is 0 Å². The lowest BCUT2D eigenvalue weighted by atomic mass is 10.1. The quantitative estimate of drug-likeness (QED) is 0.808. The monoisotopic (exact) mass is 347 g/mol. The number of rotatable bonds is 6. The molecule has 0 fully saturated rings. The molecule has 0 aliphatic heterocycles. The fourth-order valence-corrected chi connectivity index (χ4v) is 2.81. The second-order valence-corrected chi connectivity index (χ2v) is 7.40. The molecule has 0 aliphatic carbocycles. The van der Waals surface area contributed by atoms with E-state index in [9.17, 15) is 18.0 Å². The number of carbonyl (C=O) groups is 2. The van der Waals surface area contributed by atoms with Crippen molar-refractivity contribution in [1.29, 1.82) is 0 Å². The average Bonchev–Trinajstić information content (AvgIpc) is 2.52. The summed E-state index contributed by atoms with van der Waals surface area (Å²) in [5.74, 6) is -1.31. The molecule has 0 unspecified atom stereocenters. The highest BCUT2D eigenvalue weighted by Gasteiger charge is 2.12. The van der Waals surface area contributed by atoms with Gasteiger partial charge in [-0.1, -0.05) is 30.3 Å². The first kappa shape index (κ1) is 17.7. The first-order chi connectivity index (χ1) is 11.3. The van der Waals surface area contributed by atoms with Gasteiger partial charge in [-0.25, -0.2) is 13.2 Å². The highest BCUT2D eigenvalue weighted by Crippen LogP contribution is 2.10. The Hall–Kier alpha value is -2.67. The lowest BCUT2D eigenvalue weighted by Gasteiger charge is -2.07. The Balaban J connectivity index is 1.92. The SMILES string of the molecule is CS(=O)(=O)Cc1cccc(C(=O)OCC(=O)Nc2ccccc2)c1. The number of para-hydroxylation sites is 1. The maximum Gasteiger partial charge on any atom is 0.338 e.